The van der Waals surface area contributed by atoms with Crippen LogP contribution in [0.1, 0.15) is 101 Å². The van der Waals surface area contributed by atoms with Crippen molar-refractivity contribution in [2.75, 3.05) is 0 Å². The molecule has 8 rings (SSSR count). The second-order valence-corrected chi connectivity index (χ2v) is 13.2. The van der Waals surface area contributed by atoms with Gasteiger partial charge in [-0.25, -0.2) is 4.79 Å². The van der Waals surface area contributed by atoms with E-state index < -0.39 is 23.0 Å². The first kappa shape index (κ1) is 31.3. The van der Waals surface area contributed by atoms with Crippen LogP contribution in [0, 0.1) is 0 Å². The molecule has 0 atom stereocenters. The van der Waals surface area contributed by atoms with Crippen molar-refractivity contribution in [1.82, 2.24) is 10.3 Å². The molecule has 2 bridgehead atoms. The molecule has 2 fully saturated rings. The number of hydrogen-bond acceptors (Lipinski definition) is 5. The molecule has 48 heavy (non-hydrogen) atoms. The van der Waals surface area contributed by atoms with Gasteiger partial charge in [0.25, 0.3) is 17.0 Å². The Labute approximate surface area is 277 Å². The van der Waals surface area contributed by atoms with E-state index in [1.807, 2.05) is 36.4 Å². The number of fused-ring (bicyclic) bond motifs is 3. The number of rotatable bonds is 7. The Morgan fingerprint density at radius 2 is 1.23 bits per heavy atom. The Bertz CT molecular complexity index is 2130. The van der Waals surface area contributed by atoms with E-state index in [1.54, 1.807) is 0 Å². The lowest BCUT2D eigenvalue weighted by Gasteiger charge is -2.29. The minimum Gasteiger partial charge on any atom is -0.478 e. The summed E-state index contributed by atoms with van der Waals surface area (Å²) in [6.45, 7) is 0. The highest BCUT2D eigenvalue weighted by molar-refractivity contribution is 6.27. The zero-order chi connectivity index (χ0) is 33.4. The standard InChI is InChI=1S/C39H38N4O5/c40-35(41-26-15-11-24(12-16-26)22-7-3-1-4-8-22)34-31(39(47)48)21-30(32-28-19-20-29(33(32)34)37(45)43-36(28)44)38(46)42-27-17-13-25(14-18-27)23-9-5-2-6-10-23/h1-10,19-21,24-27H,11-18H2,(H2,40,41)(H,42,46)(H,47,48)(H,43,44,45). The molecule has 2 saturated carbocycles. The molecule has 9 heteroatoms. The number of nitrogens with one attached hydrogen (secondary N) is 2. The number of carboxylic acid groups (broad SMARTS) is 1. The molecule has 9 nitrogen and oxygen atoms in total. The second-order valence-electron chi connectivity index (χ2n) is 13.2. The smallest absolute Gasteiger partial charge is 0.336 e. The molecule has 6 aromatic rings. The van der Waals surface area contributed by atoms with Gasteiger partial charge >= 0.3 is 5.97 Å². The molecule has 0 spiro atoms. The van der Waals surface area contributed by atoms with E-state index in [4.69, 9.17) is 10.7 Å². The van der Waals surface area contributed by atoms with E-state index in [2.05, 4.69) is 34.6 Å². The molecule has 0 aliphatic heterocycles. The first-order valence-electron chi connectivity index (χ1n) is 16.8. The summed E-state index contributed by atoms with van der Waals surface area (Å²) < 4.78 is 0. The molecule has 2 heterocycles. The number of nitrogens with zero attached hydrogens (tertiary/aromatic N) is 1. The van der Waals surface area contributed by atoms with Crippen LogP contribution >= 0.6 is 0 Å². The van der Waals surface area contributed by atoms with Crippen LogP contribution in [0.25, 0.3) is 21.5 Å². The average molecular weight is 643 g/mol. The fourth-order valence-corrected chi connectivity index (χ4v) is 7.88. The van der Waals surface area contributed by atoms with Gasteiger partial charge < -0.3 is 16.2 Å². The van der Waals surface area contributed by atoms with Crippen molar-refractivity contribution in [2.45, 2.75) is 75.3 Å². The summed E-state index contributed by atoms with van der Waals surface area (Å²) in [5.41, 5.74) is 7.73. The molecule has 0 radical (unpaired) electrons. The molecular formula is C39H38N4O5. The summed E-state index contributed by atoms with van der Waals surface area (Å²) in [4.78, 5) is 60.5. The number of H-pyrrole nitrogens is 1. The van der Waals surface area contributed by atoms with E-state index in [-0.39, 0.29) is 56.2 Å². The van der Waals surface area contributed by atoms with Gasteiger partial charge in [0.1, 0.15) is 5.84 Å². The van der Waals surface area contributed by atoms with Gasteiger partial charge in [-0.15, -0.1) is 0 Å². The van der Waals surface area contributed by atoms with Gasteiger partial charge in [-0.2, -0.15) is 0 Å². The van der Waals surface area contributed by atoms with Crippen LogP contribution in [0.2, 0.25) is 0 Å². The lowest BCUT2D eigenvalue weighted by molar-refractivity contribution is 0.0696. The third kappa shape index (κ3) is 5.96. The summed E-state index contributed by atoms with van der Waals surface area (Å²) in [5.74, 6) is -0.998. The summed E-state index contributed by atoms with van der Waals surface area (Å²) in [5, 5.41) is 14.1. The summed E-state index contributed by atoms with van der Waals surface area (Å²) in [6, 6.07) is 24.7. The van der Waals surface area contributed by atoms with Crippen LogP contribution < -0.4 is 22.2 Å². The van der Waals surface area contributed by atoms with Crippen LogP contribution in [0.15, 0.2) is 93.4 Å². The van der Waals surface area contributed by atoms with Crippen molar-refractivity contribution >= 4 is 39.3 Å². The molecule has 5 N–H and O–H groups in total. The lowest BCUT2D eigenvalue weighted by atomic mass is 9.81. The van der Waals surface area contributed by atoms with Crippen LogP contribution in [0.5, 0.6) is 0 Å². The molecular weight excluding hydrogens is 604 g/mol. The van der Waals surface area contributed by atoms with Gasteiger partial charge in [-0.1, -0.05) is 60.7 Å². The van der Waals surface area contributed by atoms with E-state index in [9.17, 15) is 24.3 Å². The lowest BCUT2D eigenvalue weighted by Crippen LogP contribution is -2.37. The maximum Gasteiger partial charge on any atom is 0.336 e. The monoisotopic (exact) mass is 642 g/mol. The predicted molar refractivity (Wildman–Crippen MR) is 188 cm³/mol. The fourth-order valence-electron chi connectivity index (χ4n) is 7.88. The summed E-state index contributed by atoms with van der Waals surface area (Å²) in [6.07, 6.45) is 6.69. The number of aliphatic imine (C=N–C) groups is 1. The van der Waals surface area contributed by atoms with E-state index in [0.717, 1.165) is 51.4 Å². The van der Waals surface area contributed by atoms with Gasteiger partial charge in [0.2, 0.25) is 0 Å². The minimum absolute atomic E-state index is 0.0210. The quantitative estimate of drug-likeness (QED) is 0.125. The number of benzene rings is 4. The first-order chi connectivity index (χ1) is 23.3. The summed E-state index contributed by atoms with van der Waals surface area (Å²) in [7, 11) is 0. The molecule has 2 aromatic heterocycles. The largest absolute Gasteiger partial charge is 0.478 e. The topological polar surface area (TPSA) is 155 Å². The number of amidine groups is 1. The number of aromatic amines is 1. The Balaban J connectivity index is 1.25. The predicted octanol–water partition coefficient (Wildman–Crippen LogP) is 6.07. The van der Waals surface area contributed by atoms with Crippen molar-refractivity contribution in [3.63, 3.8) is 0 Å². The number of hydrogen-bond donors (Lipinski definition) is 4. The van der Waals surface area contributed by atoms with Crippen LogP contribution in [0.4, 0.5) is 0 Å². The van der Waals surface area contributed by atoms with Crippen LogP contribution in [0.3, 0.4) is 0 Å². The maximum atomic E-state index is 14.0. The van der Waals surface area contributed by atoms with E-state index in [1.165, 1.54) is 29.3 Å². The van der Waals surface area contributed by atoms with Gasteiger partial charge in [0.15, 0.2) is 0 Å². The molecule has 4 aromatic carbocycles. The number of aromatic carboxylic acids is 1. The highest BCUT2D eigenvalue weighted by Crippen LogP contribution is 2.37. The summed E-state index contributed by atoms with van der Waals surface area (Å²) >= 11 is 0. The van der Waals surface area contributed by atoms with E-state index in [0.29, 0.717) is 11.8 Å². The first-order valence-corrected chi connectivity index (χ1v) is 16.8. The highest BCUT2D eigenvalue weighted by atomic mass is 16.4. The van der Waals surface area contributed by atoms with Crippen molar-refractivity contribution in [3.05, 3.63) is 127 Å². The third-order valence-electron chi connectivity index (χ3n) is 10.4. The fraction of sp³-hybridized carbons (Fsp3) is 0.308. The van der Waals surface area contributed by atoms with Crippen molar-refractivity contribution in [3.8, 4) is 0 Å². The zero-order valence-corrected chi connectivity index (χ0v) is 26.6. The van der Waals surface area contributed by atoms with Gasteiger partial charge in [-0.3, -0.25) is 24.4 Å². The average Bonchev–Trinajstić information content (AvgIpc) is 3.31. The number of aromatic nitrogens is 1. The van der Waals surface area contributed by atoms with Gasteiger partial charge in [0, 0.05) is 38.7 Å². The third-order valence-corrected chi connectivity index (χ3v) is 10.4. The van der Waals surface area contributed by atoms with Crippen molar-refractivity contribution in [1.29, 1.82) is 0 Å². The molecule has 2 aliphatic carbocycles. The Kier molecular flexibility index (Phi) is 8.52. The molecule has 0 saturated heterocycles. The normalized spacial score (nSPS) is 21.7. The number of carboxylic acids is 1. The Morgan fingerprint density at radius 3 is 1.77 bits per heavy atom. The SMILES string of the molecule is NC(=NC1CCC(c2ccccc2)CC1)c1c(C(=O)O)cc(C(=O)NC2CCC(c3ccccc3)CC2)c2c3ccc(c(=O)[nH]c3=O)c12. The van der Waals surface area contributed by atoms with Gasteiger partial charge in [-0.05, 0) is 92.5 Å². The van der Waals surface area contributed by atoms with E-state index >= 15 is 0 Å². The number of carbonyl (C=O) groups excluding carboxylic acids is 1. The minimum atomic E-state index is -1.31. The highest BCUT2D eigenvalue weighted by Gasteiger charge is 2.30. The second kappa shape index (κ2) is 13.1. The van der Waals surface area contributed by atoms with Gasteiger partial charge in [0.05, 0.1) is 11.6 Å². The number of nitrogens with two attached hydrogens (primary N) is 1. The molecule has 1 amide bonds. The Hall–Kier alpha value is -5.31. The molecule has 2 aliphatic rings. The van der Waals surface area contributed by atoms with Crippen molar-refractivity contribution in [2.24, 2.45) is 10.7 Å². The number of amides is 1. The zero-order valence-electron chi connectivity index (χ0n) is 26.6. The van der Waals surface area contributed by atoms with Crippen LogP contribution in [-0.2, 0) is 0 Å². The molecule has 244 valence electrons. The number of carbonyl (C=O) groups is 2. The molecule has 0 unspecified atom stereocenters. The Morgan fingerprint density at radius 1 is 0.708 bits per heavy atom. The van der Waals surface area contributed by atoms with Crippen molar-refractivity contribution < 1.29 is 14.7 Å². The van der Waals surface area contributed by atoms with Crippen LogP contribution in [-0.4, -0.2) is 39.9 Å². The maximum absolute atomic E-state index is 14.0.